The Labute approximate surface area is 149 Å². The van der Waals surface area contributed by atoms with Crippen molar-refractivity contribution in [2.45, 2.75) is 0 Å². The van der Waals surface area contributed by atoms with Gasteiger partial charge in [-0.1, -0.05) is 24.3 Å². The average molecular weight is 342 g/mol. The van der Waals surface area contributed by atoms with Crippen LogP contribution in [0, 0.1) is 11.3 Å². The van der Waals surface area contributed by atoms with Gasteiger partial charge in [0.05, 0.1) is 18.1 Å². The molecule has 0 amide bonds. The maximum absolute atomic E-state index is 11.9. The van der Waals surface area contributed by atoms with Gasteiger partial charge < -0.3 is 10.3 Å². The highest BCUT2D eigenvalue weighted by Gasteiger charge is 2.11. The summed E-state index contributed by atoms with van der Waals surface area (Å²) in [7, 11) is 0. The third-order valence-corrected chi connectivity index (χ3v) is 3.43. The molecule has 0 aliphatic rings. The van der Waals surface area contributed by atoms with Crippen molar-refractivity contribution in [1.29, 1.82) is 5.26 Å². The van der Waals surface area contributed by atoms with E-state index >= 15 is 0 Å². The molecule has 0 fully saturated rings. The summed E-state index contributed by atoms with van der Waals surface area (Å²) in [5, 5.41) is 20.4. The molecule has 0 spiro atoms. The predicted molar refractivity (Wildman–Crippen MR) is 101 cm³/mol. The number of hydrogen-bond donors (Lipinski definition) is 2. The van der Waals surface area contributed by atoms with E-state index in [4.69, 9.17) is 0 Å². The van der Waals surface area contributed by atoms with Crippen LogP contribution in [0.25, 0.3) is 0 Å². The van der Waals surface area contributed by atoms with E-state index in [1.165, 1.54) is 12.4 Å². The van der Waals surface area contributed by atoms with Gasteiger partial charge in [-0.25, -0.2) is 0 Å². The first-order chi connectivity index (χ1) is 12.8. The minimum Gasteiger partial charge on any atom is -0.354 e. The fourth-order valence-corrected chi connectivity index (χ4v) is 2.20. The quantitative estimate of drug-likeness (QED) is 0.549. The van der Waals surface area contributed by atoms with Gasteiger partial charge in [-0.3, -0.25) is 9.78 Å². The number of rotatable bonds is 5. The zero-order valence-electron chi connectivity index (χ0n) is 13.6. The summed E-state index contributed by atoms with van der Waals surface area (Å²) in [4.78, 5) is 18.4. The lowest BCUT2D eigenvalue weighted by molar-refractivity contribution is 1.20. The van der Waals surface area contributed by atoms with E-state index < -0.39 is 5.56 Å². The van der Waals surface area contributed by atoms with Crippen LogP contribution in [0.15, 0.2) is 76.1 Å². The molecule has 0 aliphatic heterocycles. The molecule has 0 atom stereocenters. The topological polar surface area (TPSA) is 106 Å². The standard InChI is InChI=1S/C19H14N6O/c20-9-17-18(25-16-6-2-1-3-7-16)15(12-22-19(17)26)13-24-23-11-14-5-4-8-21-10-14/h1-8,10-13H,(H2,22,25,26)/b23-11-,24-13+. The predicted octanol–water partition coefficient (Wildman–Crippen LogP) is 2.84. The summed E-state index contributed by atoms with van der Waals surface area (Å²) < 4.78 is 0. The van der Waals surface area contributed by atoms with Gasteiger partial charge in [0.1, 0.15) is 11.6 Å². The number of pyridine rings is 2. The Morgan fingerprint density at radius 1 is 1.12 bits per heavy atom. The number of aromatic amines is 1. The van der Waals surface area contributed by atoms with Crippen molar-refractivity contribution in [3.05, 3.63) is 88.1 Å². The molecule has 3 rings (SSSR count). The molecule has 0 unspecified atom stereocenters. The van der Waals surface area contributed by atoms with E-state index in [1.807, 2.05) is 42.5 Å². The Balaban J connectivity index is 1.91. The van der Waals surface area contributed by atoms with E-state index in [0.717, 1.165) is 11.3 Å². The van der Waals surface area contributed by atoms with E-state index in [9.17, 15) is 10.1 Å². The van der Waals surface area contributed by atoms with E-state index in [-0.39, 0.29) is 5.56 Å². The number of nitrogens with one attached hydrogen (secondary N) is 2. The fourth-order valence-electron chi connectivity index (χ4n) is 2.20. The number of benzene rings is 1. The number of nitriles is 1. The lowest BCUT2D eigenvalue weighted by Gasteiger charge is -2.10. The van der Waals surface area contributed by atoms with Gasteiger partial charge in [0.2, 0.25) is 0 Å². The Morgan fingerprint density at radius 2 is 1.92 bits per heavy atom. The van der Waals surface area contributed by atoms with Gasteiger partial charge >= 0.3 is 0 Å². The summed E-state index contributed by atoms with van der Waals surface area (Å²) in [5.74, 6) is 0. The molecule has 0 saturated carbocycles. The second-order valence-electron chi connectivity index (χ2n) is 5.20. The third-order valence-electron chi connectivity index (χ3n) is 3.43. The molecule has 1 aromatic carbocycles. The molecule has 126 valence electrons. The van der Waals surface area contributed by atoms with Crippen LogP contribution in [0.4, 0.5) is 11.4 Å². The SMILES string of the molecule is N#Cc1c(Nc2ccccc2)c(/C=N/N=C\c2cccnc2)c[nH]c1=O. The van der Waals surface area contributed by atoms with Crippen LogP contribution in [0.2, 0.25) is 0 Å². The number of aromatic nitrogens is 2. The molecular weight excluding hydrogens is 328 g/mol. The highest BCUT2D eigenvalue weighted by molar-refractivity contribution is 5.91. The highest BCUT2D eigenvalue weighted by atomic mass is 16.1. The third kappa shape index (κ3) is 4.07. The zero-order chi connectivity index (χ0) is 18.2. The monoisotopic (exact) mass is 342 g/mol. The number of nitrogens with zero attached hydrogens (tertiary/aromatic N) is 4. The number of para-hydroxylation sites is 1. The first-order valence-corrected chi connectivity index (χ1v) is 7.72. The normalized spacial score (nSPS) is 10.9. The molecule has 7 nitrogen and oxygen atoms in total. The van der Waals surface area contributed by atoms with Gasteiger partial charge in [-0.15, -0.1) is 0 Å². The van der Waals surface area contributed by atoms with Crippen molar-refractivity contribution in [3.63, 3.8) is 0 Å². The molecular formula is C19H14N6O. The molecule has 0 saturated heterocycles. The second kappa shape index (κ2) is 8.17. The van der Waals surface area contributed by atoms with Gasteiger partial charge in [-0.05, 0) is 18.2 Å². The molecule has 2 N–H and O–H groups in total. The van der Waals surface area contributed by atoms with E-state index in [0.29, 0.717) is 11.3 Å². The van der Waals surface area contributed by atoms with Gasteiger partial charge in [-0.2, -0.15) is 15.5 Å². The smallest absolute Gasteiger partial charge is 0.268 e. The summed E-state index contributed by atoms with van der Waals surface area (Å²) >= 11 is 0. The average Bonchev–Trinajstić information content (AvgIpc) is 2.68. The molecule has 3 aromatic rings. The lowest BCUT2D eigenvalue weighted by Crippen LogP contribution is -2.14. The van der Waals surface area contributed by atoms with Gasteiger partial charge in [0.25, 0.3) is 5.56 Å². The van der Waals surface area contributed by atoms with E-state index in [1.54, 1.807) is 24.7 Å². The molecule has 0 aliphatic carbocycles. The summed E-state index contributed by atoms with van der Waals surface area (Å²) in [6.07, 6.45) is 7.85. The molecule has 0 bridgehead atoms. The summed E-state index contributed by atoms with van der Waals surface area (Å²) in [6, 6.07) is 14.8. The van der Waals surface area contributed by atoms with Crippen LogP contribution in [0.5, 0.6) is 0 Å². The van der Waals surface area contributed by atoms with Gasteiger partial charge in [0, 0.05) is 35.4 Å². The highest BCUT2D eigenvalue weighted by Crippen LogP contribution is 2.21. The molecule has 2 aromatic heterocycles. The fraction of sp³-hybridized carbons (Fsp3) is 0. The van der Waals surface area contributed by atoms with Crippen LogP contribution in [-0.2, 0) is 0 Å². The van der Waals surface area contributed by atoms with Gasteiger partial charge in [0.15, 0.2) is 0 Å². The Bertz CT molecular complexity index is 1030. The van der Waals surface area contributed by atoms with Crippen LogP contribution in [0.3, 0.4) is 0 Å². The zero-order valence-corrected chi connectivity index (χ0v) is 13.6. The van der Waals surface area contributed by atoms with Crippen LogP contribution < -0.4 is 10.9 Å². The minimum absolute atomic E-state index is 0.0194. The van der Waals surface area contributed by atoms with Crippen molar-refractivity contribution in [2.75, 3.05) is 5.32 Å². The summed E-state index contributed by atoms with van der Waals surface area (Å²) in [6.45, 7) is 0. The largest absolute Gasteiger partial charge is 0.354 e. The summed E-state index contributed by atoms with van der Waals surface area (Å²) in [5.41, 5.74) is 1.99. The Morgan fingerprint density at radius 3 is 2.65 bits per heavy atom. The minimum atomic E-state index is -0.470. The molecule has 0 radical (unpaired) electrons. The van der Waals surface area contributed by atoms with Crippen LogP contribution in [-0.4, -0.2) is 22.4 Å². The maximum Gasteiger partial charge on any atom is 0.268 e. The Hall–Kier alpha value is -4.05. The molecule has 7 heteroatoms. The second-order valence-corrected chi connectivity index (χ2v) is 5.20. The maximum atomic E-state index is 11.9. The van der Waals surface area contributed by atoms with Crippen molar-refractivity contribution in [3.8, 4) is 6.07 Å². The van der Waals surface area contributed by atoms with Crippen molar-refractivity contribution >= 4 is 23.8 Å². The first-order valence-electron chi connectivity index (χ1n) is 7.72. The van der Waals surface area contributed by atoms with Crippen LogP contribution in [0.1, 0.15) is 16.7 Å². The van der Waals surface area contributed by atoms with Crippen LogP contribution >= 0.6 is 0 Å². The van der Waals surface area contributed by atoms with Crippen molar-refractivity contribution < 1.29 is 0 Å². The number of anilines is 2. The van der Waals surface area contributed by atoms with Crippen molar-refractivity contribution in [2.24, 2.45) is 10.2 Å². The van der Waals surface area contributed by atoms with Crippen molar-refractivity contribution in [1.82, 2.24) is 9.97 Å². The molecule has 2 heterocycles. The molecule has 26 heavy (non-hydrogen) atoms. The number of hydrogen-bond acceptors (Lipinski definition) is 6. The lowest BCUT2D eigenvalue weighted by atomic mass is 10.1. The number of H-pyrrole nitrogens is 1. The first kappa shape index (κ1) is 16.8. The Kier molecular flexibility index (Phi) is 5.28. The van der Waals surface area contributed by atoms with E-state index in [2.05, 4.69) is 25.5 Å².